The van der Waals surface area contributed by atoms with Crippen LogP contribution in [-0.2, 0) is 27.2 Å². The fraction of sp³-hybridized carbons (Fsp3) is 0.241. The van der Waals surface area contributed by atoms with Gasteiger partial charge in [-0.05, 0) is 47.4 Å². The number of halogens is 1. The Morgan fingerprint density at radius 1 is 1.16 bits per heavy atom. The van der Waals surface area contributed by atoms with Crippen LogP contribution in [0.5, 0.6) is 5.75 Å². The van der Waals surface area contributed by atoms with E-state index in [1.165, 1.54) is 31.0 Å². The molecule has 0 saturated carbocycles. The second kappa shape index (κ2) is 11.5. The minimum atomic E-state index is -0.963. The largest absolute Gasteiger partial charge is 0.495 e. The smallest absolute Gasteiger partial charge is 0.331 e. The van der Waals surface area contributed by atoms with Gasteiger partial charge in [0.25, 0.3) is 5.56 Å². The SMILES string of the molecule is COCCC(C(=O)Cc1ccc2c(c1)CC(C(=O)O)=C2)n1cc(OC)c(-c2cc(Cl)ccc2C#N)cc1=O. The number of aromatic nitrogens is 1. The highest BCUT2D eigenvalue weighted by Gasteiger charge is 2.25. The summed E-state index contributed by atoms with van der Waals surface area (Å²) in [6.07, 6.45) is 3.72. The summed E-state index contributed by atoms with van der Waals surface area (Å²) >= 11 is 6.15. The van der Waals surface area contributed by atoms with E-state index in [1.54, 1.807) is 36.4 Å². The average molecular weight is 533 g/mol. The number of hydrogen-bond acceptors (Lipinski definition) is 6. The summed E-state index contributed by atoms with van der Waals surface area (Å²) in [7, 11) is 2.96. The molecular weight excluding hydrogens is 508 g/mol. The molecule has 1 unspecified atom stereocenters. The van der Waals surface area contributed by atoms with Crippen molar-refractivity contribution >= 4 is 29.4 Å². The lowest BCUT2D eigenvalue weighted by Gasteiger charge is -2.21. The number of ketones is 1. The molecule has 38 heavy (non-hydrogen) atoms. The number of hydrogen-bond donors (Lipinski definition) is 1. The van der Waals surface area contributed by atoms with Gasteiger partial charge in [-0.2, -0.15) is 5.26 Å². The third kappa shape index (κ3) is 5.54. The van der Waals surface area contributed by atoms with Crippen LogP contribution in [0.4, 0.5) is 0 Å². The summed E-state index contributed by atoms with van der Waals surface area (Å²) in [6, 6.07) is 12.8. The van der Waals surface area contributed by atoms with Crippen LogP contribution >= 0.6 is 11.6 Å². The third-order valence-electron chi connectivity index (χ3n) is 6.53. The molecule has 0 saturated heterocycles. The minimum absolute atomic E-state index is 0.0491. The Labute approximate surface area is 224 Å². The van der Waals surface area contributed by atoms with Gasteiger partial charge in [-0.25, -0.2) is 4.79 Å². The van der Waals surface area contributed by atoms with Gasteiger partial charge in [-0.15, -0.1) is 0 Å². The molecule has 194 valence electrons. The van der Waals surface area contributed by atoms with Crippen LogP contribution in [0.1, 0.15) is 34.7 Å². The number of carbonyl (C=O) groups excluding carboxylic acids is 1. The predicted molar refractivity (Wildman–Crippen MR) is 142 cm³/mol. The summed E-state index contributed by atoms with van der Waals surface area (Å²) < 4.78 is 12.1. The average Bonchev–Trinajstić information content (AvgIpc) is 3.33. The van der Waals surface area contributed by atoms with E-state index in [1.807, 2.05) is 6.07 Å². The number of fused-ring (bicyclic) bond motifs is 1. The number of carbonyl (C=O) groups is 2. The highest BCUT2D eigenvalue weighted by Crippen LogP contribution is 2.34. The normalized spacial score (nSPS) is 12.8. The van der Waals surface area contributed by atoms with Crippen molar-refractivity contribution in [1.29, 1.82) is 5.26 Å². The number of rotatable bonds is 10. The van der Waals surface area contributed by atoms with E-state index in [2.05, 4.69) is 6.07 Å². The topological polar surface area (TPSA) is 119 Å². The van der Waals surface area contributed by atoms with E-state index in [9.17, 15) is 24.8 Å². The number of benzene rings is 2. The van der Waals surface area contributed by atoms with Gasteiger partial charge in [-0.3, -0.25) is 9.59 Å². The fourth-order valence-corrected chi connectivity index (χ4v) is 4.80. The number of methoxy groups -OCH3 is 2. The fourth-order valence-electron chi connectivity index (χ4n) is 4.63. The summed E-state index contributed by atoms with van der Waals surface area (Å²) in [5, 5.41) is 19.2. The van der Waals surface area contributed by atoms with Crippen molar-refractivity contribution in [3.63, 3.8) is 0 Å². The molecule has 0 radical (unpaired) electrons. The van der Waals surface area contributed by atoms with Gasteiger partial charge < -0.3 is 19.1 Å². The van der Waals surface area contributed by atoms with Crippen LogP contribution in [0, 0.1) is 11.3 Å². The number of ether oxygens (including phenoxy) is 2. The zero-order chi connectivity index (χ0) is 27.4. The van der Waals surface area contributed by atoms with Gasteiger partial charge >= 0.3 is 5.97 Å². The first kappa shape index (κ1) is 26.9. The molecule has 1 heterocycles. The van der Waals surface area contributed by atoms with Gasteiger partial charge in [0.15, 0.2) is 5.78 Å². The molecule has 0 aliphatic heterocycles. The molecule has 9 heteroatoms. The Kier molecular flexibility index (Phi) is 8.10. The number of aliphatic carboxylic acids is 1. The first-order chi connectivity index (χ1) is 18.2. The van der Waals surface area contributed by atoms with E-state index < -0.39 is 17.6 Å². The van der Waals surface area contributed by atoms with Crippen LogP contribution in [0.2, 0.25) is 5.02 Å². The molecular formula is C29H25ClN2O6. The maximum Gasteiger partial charge on any atom is 0.331 e. The molecule has 1 aromatic heterocycles. The quantitative estimate of drug-likeness (QED) is 0.409. The second-order valence-electron chi connectivity index (χ2n) is 8.93. The van der Waals surface area contributed by atoms with Crippen LogP contribution in [0.25, 0.3) is 17.2 Å². The van der Waals surface area contributed by atoms with Crippen LogP contribution in [0.15, 0.2) is 59.0 Å². The predicted octanol–water partition coefficient (Wildman–Crippen LogP) is 4.46. The highest BCUT2D eigenvalue weighted by molar-refractivity contribution is 6.31. The number of nitriles is 1. The molecule has 4 rings (SSSR count). The molecule has 0 fully saturated rings. The molecule has 1 N–H and O–H groups in total. The van der Waals surface area contributed by atoms with Crippen molar-refractivity contribution in [2.45, 2.75) is 25.3 Å². The Morgan fingerprint density at radius 2 is 1.95 bits per heavy atom. The van der Waals surface area contributed by atoms with Crippen molar-refractivity contribution < 1.29 is 24.2 Å². The van der Waals surface area contributed by atoms with E-state index in [0.717, 1.165) is 16.7 Å². The highest BCUT2D eigenvalue weighted by atomic mass is 35.5. The van der Waals surface area contributed by atoms with Crippen molar-refractivity contribution in [2.75, 3.05) is 20.8 Å². The van der Waals surface area contributed by atoms with Gasteiger partial charge in [0.2, 0.25) is 0 Å². The zero-order valence-corrected chi connectivity index (χ0v) is 21.6. The second-order valence-corrected chi connectivity index (χ2v) is 9.36. The lowest BCUT2D eigenvalue weighted by atomic mass is 9.97. The molecule has 1 atom stereocenters. The Hall–Kier alpha value is -4.19. The van der Waals surface area contributed by atoms with Crippen LogP contribution in [0.3, 0.4) is 0 Å². The van der Waals surface area contributed by atoms with Gasteiger partial charge in [0, 0.05) is 54.3 Å². The first-order valence-corrected chi connectivity index (χ1v) is 12.2. The van der Waals surface area contributed by atoms with Gasteiger partial charge in [-0.1, -0.05) is 29.8 Å². The van der Waals surface area contributed by atoms with E-state index >= 15 is 0 Å². The lowest BCUT2D eigenvalue weighted by Crippen LogP contribution is -2.31. The van der Waals surface area contributed by atoms with Crippen LogP contribution < -0.4 is 10.3 Å². The standard InChI is InChI=1S/C29H25ClN2O6/c1-37-8-7-25(26(33)10-17-3-4-18-11-21(29(35)36)12-20(18)9-17)32-16-27(38-2)24(14-28(32)34)23-13-22(30)6-5-19(23)15-31/h3-6,9,11,13-14,16,25H,7-8,10,12H2,1-2H3,(H,35,36). The third-order valence-corrected chi connectivity index (χ3v) is 6.77. The molecule has 0 spiro atoms. The molecule has 8 nitrogen and oxygen atoms in total. The summed E-state index contributed by atoms with van der Waals surface area (Å²) in [5.41, 5.74) is 3.43. The van der Waals surface area contributed by atoms with E-state index in [4.69, 9.17) is 21.1 Å². The molecule has 0 amide bonds. The molecule has 3 aromatic rings. The maximum atomic E-state index is 13.5. The van der Waals surface area contributed by atoms with Crippen molar-refractivity contribution in [2.24, 2.45) is 0 Å². The van der Waals surface area contributed by atoms with Crippen molar-refractivity contribution in [3.8, 4) is 22.9 Å². The summed E-state index contributed by atoms with van der Waals surface area (Å²) in [5.74, 6) is -0.859. The molecule has 1 aliphatic carbocycles. The summed E-state index contributed by atoms with van der Waals surface area (Å²) in [4.78, 5) is 38.2. The monoisotopic (exact) mass is 532 g/mol. The van der Waals surface area contributed by atoms with E-state index in [-0.39, 0.29) is 25.2 Å². The number of pyridine rings is 1. The number of Topliss-reactive ketones (excluding diaryl/α,β-unsaturated/α-hetero) is 1. The van der Waals surface area contributed by atoms with E-state index in [0.29, 0.717) is 39.5 Å². The Bertz CT molecular complexity index is 1550. The minimum Gasteiger partial charge on any atom is -0.495 e. The summed E-state index contributed by atoms with van der Waals surface area (Å²) in [6.45, 7) is 0.246. The van der Waals surface area contributed by atoms with Crippen LogP contribution in [-0.4, -0.2) is 42.3 Å². The number of carboxylic acid groups (broad SMARTS) is 1. The van der Waals surface area contributed by atoms with Gasteiger partial charge in [0.1, 0.15) is 5.75 Å². The molecule has 2 aromatic carbocycles. The Balaban J connectivity index is 1.68. The Morgan fingerprint density at radius 3 is 2.63 bits per heavy atom. The molecule has 0 bridgehead atoms. The number of carboxylic acids is 1. The first-order valence-electron chi connectivity index (χ1n) is 11.8. The lowest BCUT2D eigenvalue weighted by molar-refractivity contribution is -0.132. The van der Waals surface area contributed by atoms with Crippen molar-refractivity contribution in [1.82, 2.24) is 4.57 Å². The molecule has 1 aliphatic rings. The maximum absolute atomic E-state index is 13.5. The number of nitrogens with zero attached hydrogens (tertiary/aromatic N) is 2. The zero-order valence-electron chi connectivity index (χ0n) is 20.9. The van der Waals surface area contributed by atoms with Gasteiger partial charge in [0.05, 0.1) is 31.0 Å². The van der Waals surface area contributed by atoms with Crippen molar-refractivity contribution in [3.05, 3.63) is 91.9 Å².